The molecule has 0 atom stereocenters. The summed E-state index contributed by atoms with van der Waals surface area (Å²) in [5.41, 5.74) is 6.14. The maximum absolute atomic E-state index is 12.3. The maximum atomic E-state index is 12.3. The standard InChI is InChI=1S/C18H25F2N3O4/c1-26-15-10-12(2-3-14(15)27-18(19)20)4-7-22-16(24)11-23-8-5-13(6-9-23)17(21)25/h2-3,10,13,18H,4-9,11H2,1H3,(H2,21,25)(H,22,24)/p+1. The molecule has 0 aromatic heterocycles. The largest absolute Gasteiger partial charge is 0.493 e. The number of benzene rings is 1. The van der Waals surface area contributed by atoms with Crippen LogP contribution in [-0.2, 0) is 16.0 Å². The summed E-state index contributed by atoms with van der Waals surface area (Å²) in [5.74, 6) is -0.209. The molecule has 0 aliphatic carbocycles. The predicted octanol–water partition coefficient (Wildman–Crippen LogP) is -0.264. The Kier molecular flexibility index (Phi) is 7.78. The van der Waals surface area contributed by atoms with Gasteiger partial charge < -0.3 is 25.4 Å². The van der Waals surface area contributed by atoms with Gasteiger partial charge >= 0.3 is 6.61 Å². The lowest BCUT2D eigenvalue weighted by Gasteiger charge is -2.27. The van der Waals surface area contributed by atoms with E-state index in [9.17, 15) is 18.4 Å². The number of piperidine rings is 1. The predicted molar refractivity (Wildman–Crippen MR) is 93.8 cm³/mol. The summed E-state index contributed by atoms with van der Waals surface area (Å²) in [7, 11) is 1.38. The zero-order valence-corrected chi connectivity index (χ0v) is 15.3. The Morgan fingerprint density at radius 3 is 2.59 bits per heavy atom. The summed E-state index contributed by atoms with van der Waals surface area (Å²) in [6.45, 7) is -0.628. The van der Waals surface area contributed by atoms with E-state index in [2.05, 4.69) is 10.1 Å². The molecule has 1 aromatic rings. The van der Waals surface area contributed by atoms with Crippen molar-refractivity contribution in [1.82, 2.24) is 5.32 Å². The normalized spacial score (nSPS) is 19.6. The molecule has 1 fully saturated rings. The number of halogens is 2. The van der Waals surface area contributed by atoms with Gasteiger partial charge in [0.15, 0.2) is 18.0 Å². The van der Waals surface area contributed by atoms with Crippen LogP contribution in [0.1, 0.15) is 18.4 Å². The molecular formula is C18H26F2N3O4+. The molecular weight excluding hydrogens is 360 g/mol. The molecule has 0 saturated carbocycles. The third-order valence-electron chi connectivity index (χ3n) is 4.69. The summed E-state index contributed by atoms with van der Waals surface area (Å²) in [6.07, 6.45) is 1.96. The highest BCUT2D eigenvalue weighted by Crippen LogP contribution is 2.29. The van der Waals surface area contributed by atoms with E-state index in [4.69, 9.17) is 10.5 Å². The first-order chi connectivity index (χ1) is 12.9. The molecule has 1 aromatic carbocycles. The summed E-state index contributed by atoms with van der Waals surface area (Å²) >= 11 is 0. The molecule has 0 radical (unpaired) electrons. The van der Waals surface area contributed by atoms with Gasteiger partial charge in [0.05, 0.1) is 20.2 Å². The van der Waals surface area contributed by atoms with E-state index in [0.717, 1.165) is 23.6 Å². The molecule has 9 heteroatoms. The van der Waals surface area contributed by atoms with Crippen LogP contribution in [0.25, 0.3) is 0 Å². The summed E-state index contributed by atoms with van der Waals surface area (Å²) in [4.78, 5) is 24.4. The van der Waals surface area contributed by atoms with Crippen molar-refractivity contribution in [3.8, 4) is 11.5 Å². The van der Waals surface area contributed by atoms with Gasteiger partial charge in [-0.2, -0.15) is 8.78 Å². The van der Waals surface area contributed by atoms with Crippen molar-refractivity contribution >= 4 is 11.8 Å². The van der Waals surface area contributed by atoms with Crippen LogP contribution in [0.2, 0.25) is 0 Å². The number of likely N-dealkylation sites (tertiary alicyclic amines) is 1. The molecule has 2 rings (SSSR count). The highest BCUT2D eigenvalue weighted by molar-refractivity contribution is 5.77. The van der Waals surface area contributed by atoms with E-state index < -0.39 is 6.61 Å². The van der Waals surface area contributed by atoms with E-state index in [1.54, 1.807) is 12.1 Å². The van der Waals surface area contributed by atoms with E-state index in [1.165, 1.54) is 13.2 Å². The van der Waals surface area contributed by atoms with Crippen molar-refractivity contribution in [2.45, 2.75) is 25.9 Å². The Morgan fingerprint density at radius 2 is 2.00 bits per heavy atom. The van der Waals surface area contributed by atoms with Crippen molar-refractivity contribution in [3.63, 3.8) is 0 Å². The van der Waals surface area contributed by atoms with Gasteiger partial charge in [0.2, 0.25) is 5.91 Å². The highest BCUT2D eigenvalue weighted by atomic mass is 19.3. The molecule has 1 saturated heterocycles. The molecule has 2 amide bonds. The molecule has 7 nitrogen and oxygen atoms in total. The van der Waals surface area contributed by atoms with Crippen molar-refractivity contribution in [3.05, 3.63) is 23.8 Å². The fourth-order valence-electron chi connectivity index (χ4n) is 3.18. The number of primary amides is 1. The van der Waals surface area contributed by atoms with E-state index in [-0.39, 0.29) is 29.2 Å². The van der Waals surface area contributed by atoms with Gasteiger partial charge in [-0.05, 0) is 24.1 Å². The van der Waals surface area contributed by atoms with E-state index >= 15 is 0 Å². The fourth-order valence-corrected chi connectivity index (χ4v) is 3.18. The number of carbonyl (C=O) groups is 2. The lowest BCUT2D eigenvalue weighted by molar-refractivity contribution is -0.897. The Hall–Kier alpha value is -2.42. The van der Waals surface area contributed by atoms with Crippen molar-refractivity contribution < 1.29 is 32.7 Å². The fraction of sp³-hybridized carbons (Fsp3) is 0.556. The van der Waals surface area contributed by atoms with E-state index in [0.29, 0.717) is 32.4 Å². The number of quaternary nitrogens is 1. The molecule has 1 aliphatic rings. The highest BCUT2D eigenvalue weighted by Gasteiger charge is 2.26. The second kappa shape index (κ2) is 10.1. The molecule has 0 spiro atoms. The number of rotatable bonds is 9. The van der Waals surface area contributed by atoms with Gasteiger partial charge in [0, 0.05) is 25.3 Å². The van der Waals surface area contributed by atoms with Gasteiger partial charge in [0.25, 0.3) is 5.91 Å². The average Bonchev–Trinajstić information content (AvgIpc) is 2.62. The number of amides is 2. The van der Waals surface area contributed by atoms with Gasteiger partial charge in [-0.1, -0.05) is 6.07 Å². The van der Waals surface area contributed by atoms with Crippen LogP contribution in [0.4, 0.5) is 8.78 Å². The summed E-state index contributed by atoms with van der Waals surface area (Å²) < 4.78 is 34.1. The van der Waals surface area contributed by atoms with Gasteiger partial charge in [-0.15, -0.1) is 0 Å². The van der Waals surface area contributed by atoms with Crippen LogP contribution in [0.5, 0.6) is 11.5 Å². The minimum absolute atomic E-state index is 0.0248. The molecule has 4 N–H and O–H groups in total. The number of nitrogens with one attached hydrogen (secondary N) is 2. The number of nitrogens with two attached hydrogens (primary N) is 1. The lowest BCUT2D eigenvalue weighted by atomic mass is 9.96. The molecule has 0 bridgehead atoms. The van der Waals surface area contributed by atoms with Crippen molar-refractivity contribution in [1.29, 1.82) is 0 Å². The van der Waals surface area contributed by atoms with Crippen molar-refractivity contribution in [2.24, 2.45) is 11.7 Å². The second-order valence-corrected chi connectivity index (χ2v) is 6.57. The van der Waals surface area contributed by atoms with E-state index in [1.807, 2.05) is 0 Å². The number of hydrogen-bond acceptors (Lipinski definition) is 4. The Morgan fingerprint density at radius 1 is 1.30 bits per heavy atom. The minimum Gasteiger partial charge on any atom is -0.493 e. The number of alkyl halides is 2. The number of carbonyl (C=O) groups excluding carboxylic acids is 2. The van der Waals surface area contributed by atoms with Gasteiger partial charge in [-0.25, -0.2) is 0 Å². The first-order valence-corrected chi connectivity index (χ1v) is 8.90. The quantitative estimate of drug-likeness (QED) is 0.545. The number of methoxy groups -OCH3 is 1. The topological polar surface area (TPSA) is 95.1 Å². The SMILES string of the molecule is COc1cc(CCNC(=O)C[NH+]2CCC(C(N)=O)CC2)ccc1OC(F)F. The third kappa shape index (κ3) is 6.67. The van der Waals surface area contributed by atoms with Crippen LogP contribution in [0, 0.1) is 5.92 Å². The van der Waals surface area contributed by atoms with Crippen LogP contribution in [0.3, 0.4) is 0 Å². The monoisotopic (exact) mass is 386 g/mol. The Bertz CT molecular complexity index is 649. The number of hydrogen-bond donors (Lipinski definition) is 3. The van der Waals surface area contributed by atoms with Crippen molar-refractivity contribution in [2.75, 3.05) is 33.3 Å². The first-order valence-electron chi connectivity index (χ1n) is 8.90. The van der Waals surface area contributed by atoms with Crippen LogP contribution in [-0.4, -0.2) is 51.7 Å². The zero-order chi connectivity index (χ0) is 19.8. The summed E-state index contributed by atoms with van der Waals surface area (Å²) in [6, 6.07) is 4.70. The van der Waals surface area contributed by atoms with Crippen LogP contribution < -0.4 is 25.4 Å². The van der Waals surface area contributed by atoms with Gasteiger partial charge in [0.1, 0.15) is 0 Å². The smallest absolute Gasteiger partial charge is 0.387 e. The molecule has 150 valence electrons. The minimum atomic E-state index is -2.92. The zero-order valence-electron chi connectivity index (χ0n) is 15.3. The second-order valence-electron chi connectivity index (χ2n) is 6.57. The number of ether oxygens (including phenoxy) is 2. The molecule has 27 heavy (non-hydrogen) atoms. The Labute approximate surface area is 156 Å². The lowest BCUT2D eigenvalue weighted by Crippen LogP contribution is -3.14. The Balaban J connectivity index is 1.74. The third-order valence-corrected chi connectivity index (χ3v) is 4.69. The van der Waals surface area contributed by atoms with Gasteiger partial charge in [-0.3, -0.25) is 9.59 Å². The summed E-state index contributed by atoms with van der Waals surface area (Å²) in [5, 5.41) is 2.85. The molecule has 1 aliphatic heterocycles. The average molecular weight is 386 g/mol. The van der Waals surface area contributed by atoms with Crippen LogP contribution in [0.15, 0.2) is 18.2 Å². The molecule has 0 unspecified atom stereocenters. The molecule has 1 heterocycles. The first kappa shape index (κ1) is 20.9. The van der Waals surface area contributed by atoms with Crippen LogP contribution >= 0.6 is 0 Å². The maximum Gasteiger partial charge on any atom is 0.387 e.